The Labute approximate surface area is 196 Å². The fourth-order valence-corrected chi connectivity index (χ4v) is 2.63. The average molecular weight is 473 g/mol. The standard InChI is InChI=1S/C22H40N4O7/c1-21(2,3)32-19(30)23-12-8-7-10-16(14-27)26-18(29)17(25-15-28)11-9-13-24-20(31)33-22(4,5)6/h14-17H,7-13H2,1-6H3,(H,23,30)(H,24,31)(H,25,28)(H,26,29). The number of nitrogens with one attached hydrogen (secondary N) is 4. The maximum atomic E-state index is 12.5. The van der Waals surface area contributed by atoms with Crippen molar-refractivity contribution in [2.24, 2.45) is 0 Å². The van der Waals surface area contributed by atoms with E-state index in [1.54, 1.807) is 41.5 Å². The van der Waals surface area contributed by atoms with Crippen molar-refractivity contribution in [3.05, 3.63) is 0 Å². The lowest BCUT2D eigenvalue weighted by Crippen LogP contribution is -2.48. The first kappa shape index (κ1) is 30.1. The van der Waals surface area contributed by atoms with Gasteiger partial charge >= 0.3 is 12.2 Å². The number of amides is 4. The Bertz CT molecular complexity index is 642. The summed E-state index contributed by atoms with van der Waals surface area (Å²) in [7, 11) is 0. The van der Waals surface area contributed by atoms with Gasteiger partial charge in [0.1, 0.15) is 23.5 Å². The van der Waals surface area contributed by atoms with Crippen LogP contribution < -0.4 is 21.3 Å². The Morgan fingerprint density at radius 1 is 0.788 bits per heavy atom. The van der Waals surface area contributed by atoms with Crippen molar-refractivity contribution in [1.82, 2.24) is 21.3 Å². The van der Waals surface area contributed by atoms with Gasteiger partial charge in [-0.3, -0.25) is 9.59 Å². The van der Waals surface area contributed by atoms with Crippen molar-refractivity contribution in [3.8, 4) is 0 Å². The summed E-state index contributed by atoms with van der Waals surface area (Å²) in [6.45, 7) is 11.2. The van der Waals surface area contributed by atoms with E-state index in [4.69, 9.17) is 9.47 Å². The van der Waals surface area contributed by atoms with Gasteiger partial charge in [0.25, 0.3) is 0 Å². The molecule has 0 spiro atoms. The molecule has 0 aromatic rings. The monoisotopic (exact) mass is 472 g/mol. The Morgan fingerprint density at radius 3 is 1.76 bits per heavy atom. The number of rotatable bonds is 14. The van der Waals surface area contributed by atoms with Crippen molar-refractivity contribution in [3.63, 3.8) is 0 Å². The van der Waals surface area contributed by atoms with Gasteiger partial charge in [-0.2, -0.15) is 0 Å². The van der Waals surface area contributed by atoms with Gasteiger partial charge in [0.2, 0.25) is 12.3 Å². The molecule has 4 amide bonds. The molecule has 2 atom stereocenters. The number of unbranched alkanes of at least 4 members (excludes halogenated alkanes) is 1. The van der Waals surface area contributed by atoms with Gasteiger partial charge in [0.05, 0.1) is 6.04 Å². The second kappa shape index (κ2) is 15.1. The number of carbonyl (C=O) groups is 5. The van der Waals surface area contributed by atoms with Crippen LogP contribution in [0.3, 0.4) is 0 Å². The van der Waals surface area contributed by atoms with E-state index in [9.17, 15) is 24.0 Å². The third-order valence-electron chi connectivity index (χ3n) is 4.03. The smallest absolute Gasteiger partial charge is 0.407 e. The molecule has 0 saturated heterocycles. The number of hydrogen-bond acceptors (Lipinski definition) is 7. The van der Waals surface area contributed by atoms with Crippen LogP contribution >= 0.6 is 0 Å². The summed E-state index contributed by atoms with van der Waals surface area (Å²) in [4.78, 5) is 57.9. The van der Waals surface area contributed by atoms with E-state index in [1.165, 1.54) is 0 Å². The molecule has 0 saturated carbocycles. The predicted octanol–water partition coefficient (Wildman–Crippen LogP) is 1.78. The number of alkyl carbamates (subject to hydrolysis) is 2. The predicted molar refractivity (Wildman–Crippen MR) is 123 cm³/mol. The lowest BCUT2D eigenvalue weighted by molar-refractivity contribution is -0.127. The third-order valence-corrected chi connectivity index (χ3v) is 4.03. The highest BCUT2D eigenvalue weighted by atomic mass is 16.6. The van der Waals surface area contributed by atoms with Gasteiger partial charge in [-0.1, -0.05) is 0 Å². The van der Waals surface area contributed by atoms with Gasteiger partial charge in [0.15, 0.2) is 0 Å². The average Bonchev–Trinajstić information content (AvgIpc) is 2.66. The molecule has 0 bridgehead atoms. The molecule has 0 aromatic heterocycles. The Balaban J connectivity index is 4.32. The van der Waals surface area contributed by atoms with Gasteiger partial charge in [-0.25, -0.2) is 9.59 Å². The van der Waals surface area contributed by atoms with Crippen LogP contribution in [0, 0.1) is 0 Å². The Morgan fingerprint density at radius 2 is 1.30 bits per heavy atom. The Hall–Kier alpha value is -2.85. The van der Waals surface area contributed by atoms with Gasteiger partial charge in [0, 0.05) is 13.1 Å². The van der Waals surface area contributed by atoms with E-state index in [1.807, 2.05) is 0 Å². The zero-order valence-corrected chi connectivity index (χ0v) is 20.6. The molecule has 0 aromatic carbocycles. The first-order valence-electron chi connectivity index (χ1n) is 11.2. The van der Waals surface area contributed by atoms with Crippen LogP contribution in [-0.2, 0) is 23.9 Å². The number of aldehydes is 1. The highest BCUT2D eigenvalue weighted by molar-refractivity contribution is 5.85. The second-order valence-corrected chi connectivity index (χ2v) is 9.58. The minimum Gasteiger partial charge on any atom is -0.444 e. The van der Waals surface area contributed by atoms with Crippen LogP contribution in [0.15, 0.2) is 0 Å². The first-order valence-corrected chi connectivity index (χ1v) is 11.2. The highest BCUT2D eigenvalue weighted by Gasteiger charge is 2.21. The maximum Gasteiger partial charge on any atom is 0.407 e. The molecular weight excluding hydrogens is 432 g/mol. The van der Waals surface area contributed by atoms with E-state index in [2.05, 4.69) is 21.3 Å². The third kappa shape index (κ3) is 17.4. The van der Waals surface area contributed by atoms with Crippen molar-refractivity contribution < 1.29 is 33.4 Å². The van der Waals surface area contributed by atoms with Crippen molar-refractivity contribution in [2.45, 2.75) is 96.9 Å². The molecule has 0 fully saturated rings. The van der Waals surface area contributed by atoms with Crippen molar-refractivity contribution in [2.75, 3.05) is 13.1 Å². The molecule has 0 aliphatic heterocycles. The topological polar surface area (TPSA) is 152 Å². The van der Waals surface area contributed by atoms with Crippen molar-refractivity contribution >= 4 is 30.8 Å². The minimum atomic E-state index is -0.834. The van der Waals surface area contributed by atoms with Gasteiger partial charge in [-0.05, 0) is 73.6 Å². The van der Waals surface area contributed by atoms with E-state index >= 15 is 0 Å². The summed E-state index contributed by atoms with van der Waals surface area (Å²) in [6.07, 6.45) is 2.26. The molecule has 0 radical (unpaired) electrons. The number of ether oxygens (including phenoxy) is 2. The fraction of sp³-hybridized carbons (Fsp3) is 0.773. The molecule has 0 aliphatic carbocycles. The van der Waals surface area contributed by atoms with Gasteiger partial charge < -0.3 is 35.5 Å². The zero-order valence-electron chi connectivity index (χ0n) is 20.6. The lowest BCUT2D eigenvalue weighted by Gasteiger charge is -2.21. The van der Waals surface area contributed by atoms with Crippen LogP contribution in [0.25, 0.3) is 0 Å². The quantitative estimate of drug-likeness (QED) is 0.222. The largest absolute Gasteiger partial charge is 0.444 e. The molecule has 33 heavy (non-hydrogen) atoms. The molecule has 4 N–H and O–H groups in total. The second-order valence-electron chi connectivity index (χ2n) is 9.58. The molecule has 2 unspecified atom stereocenters. The first-order chi connectivity index (χ1) is 15.3. The molecule has 11 heteroatoms. The minimum absolute atomic E-state index is 0.265. The number of hydrogen-bond donors (Lipinski definition) is 4. The van der Waals surface area contributed by atoms with Crippen LogP contribution in [0.1, 0.15) is 73.6 Å². The Kier molecular flexibility index (Phi) is 13.8. The molecule has 0 aliphatic rings. The van der Waals surface area contributed by atoms with Crippen LogP contribution in [0.4, 0.5) is 9.59 Å². The van der Waals surface area contributed by atoms with Crippen LogP contribution in [0.5, 0.6) is 0 Å². The normalized spacial score (nSPS) is 13.2. The summed E-state index contributed by atoms with van der Waals surface area (Å²) in [5.74, 6) is -0.483. The highest BCUT2D eigenvalue weighted by Crippen LogP contribution is 2.08. The van der Waals surface area contributed by atoms with E-state index in [0.29, 0.717) is 44.9 Å². The molecule has 11 nitrogen and oxygen atoms in total. The molecule has 190 valence electrons. The zero-order chi connectivity index (χ0) is 25.5. The van der Waals surface area contributed by atoms with E-state index < -0.39 is 41.4 Å². The summed E-state index contributed by atoms with van der Waals surface area (Å²) < 4.78 is 10.3. The molecular formula is C22H40N4O7. The SMILES string of the molecule is CC(C)(C)OC(=O)NCCCCC(C=O)NC(=O)C(CCCNC(=O)OC(C)(C)C)NC=O. The summed E-state index contributed by atoms with van der Waals surface area (Å²) in [6, 6.07) is -1.55. The molecule has 0 heterocycles. The molecule has 0 rings (SSSR count). The number of carbonyl (C=O) groups excluding carboxylic acids is 5. The van der Waals surface area contributed by atoms with Gasteiger partial charge in [-0.15, -0.1) is 0 Å². The fourth-order valence-electron chi connectivity index (χ4n) is 2.63. The van der Waals surface area contributed by atoms with Crippen molar-refractivity contribution in [1.29, 1.82) is 0 Å². The summed E-state index contributed by atoms with van der Waals surface area (Å²) in [5, 5.41) is 10.3. The maximum absolute atomic E-state index is 12.5. The van der Waals surface area contributed by atoms with E-state index in [-0.39, 0.29) is 13.0 Å². The summed E-state index contributed by atoms with van der Waals surface area (Å²) in [5.41, 5.74) is -1.18. The lowest BCUT2D eigenvalue weighted by atomic mass is 10.1. The van der Waals surface area contributed by atoms with E-state index in [0.717, 1.165) is 0 Å². The summed E-state index contributed by atoms with van der Waals surface area (Å²) >= 11 is 0. The van der Waals surface area contributed by atoms with Crippen LogP contribution in [0.2, 0.25) is 0 Å². The van der Waals surface area contributed by atoms with Crippen LogP contribution in [-0.4, -0.2) is 67.2 Å².